The summed E-state index contributed by atoms with van der Waals surface area (Å²) in [5.41, 5.74) is 0. The van der Waals surface area contributed by atoms with Crippen LogP contribution in [0.4, 0.5) is 0 Å². The van der Waals surface area contributed by atoms with Crippen LogP contribution in [0.1, 0.15) is 38.5 Å². The smallest absolute Gasteiger partial charge is 0.223 e. The SMILES string of the molecule is O=C1CCCCC2CCC(CO)N12. The van der Waals surface area contributed by atoms with E-state index >= 15 is 0 Å². The van der Waals surface area contributed by atoms with Gasteiger partial charge in [0.05, 0.1) is 12.6 Å². The summed E-state index contributed by atoms with van der Waals surface area (Å²) in [4.78, 5) is 13.6. The predicted molar refractivity (Wildman–Crippen MR) is 49.2 cm³/mol. The molecule has 0 radical (unpaired) electrons. The standard InChI is InChI=1S/C10H17NO2/c12-7-9-6-5-8-3-1-2-4-10(13)11(8)9/h8-9,12H,1-7H2. The summed E-state index contributed by atoms with van der Waals surface area (Å²) in [5, 5.41) is 9.12. The summed E-state index contributed by atoms with van der Waals surface area (Å²) in [7, 11) is 0. The average Bonchev–Trinajstić information content (AvgIpc) is 2.47. The molecule has 1 amide bonds. The van der Waals surface area contributed by atoms with Crippen LogP contribution >= 0.6 is 0 Å². The Morgan fingerprint density at radius 1 is 1.31 bits per heavy atom. The van der Waals surface area contributed by atoms with E-state index in [4.69, 9.17) is 5.11 Å². The van der Waals surface area contributed by atoms with E-state index in [1.54, 1.807) is 0 Å². The fraction of sp³-hybridized carbons (Fsp3) is 0.900. The third-order valence-corrected chi connectivity index (χ3v) is 3.30. The lowest BCUT2D eigenvalue weighted by molar-refractivity contribution is -0.134. The summed E-state index contributed by atoms with van der Waals surface area (Å²) >= 11 is 0. The van der Waals surface area contributed by atoms with Crippen molar-refractivity contribution < 1.29 is 9.90 Å². The van der Waals surface area contributed by atoms with Crippen LogP contribution < -0.4 is 0 Å². The van der Waals surface area contributed by atoms with Crippen LogP contribution in [0.5, 0.6) is 0 Å². The second kappa shape index (κ2) is 3.66. The second-order valence-electron chi connectivity index (χ2n) is 4.11. The molecule has 0 bridgehead atoms. The summed E-state index contributed by atoms with van der Waals surface area (Å²) in [6, 6.07) is 0.558. The first-order valence-electron chi connectivity index (χ1n) is 5.25. The molecule has 2 aliphatic rings. The number of nitrogens with zero attached hydrogens (tertiary/aromatic N) is 1. The Morgan fingerprint density at radius 2 is 2.15 bits per heavy atom. The molecule has 1 N–H and O–H groups in total. The van der Waals surface area contributed by atoms with Gasteiger partial charge in [-0.25, -0.2) is 0 Å². The molecule has 3 nitrogen and oxygen atoms in total. The Labute approximate surface area is 78.7 Å². The first kappa shape index (κ1) is 9.00. The number of hydrogen-bond donors (Lipinski definition) is 1. The van der Waals surface area contributed by atoms with Crippen molar-refractivity contribution >= 4 is 5.91 Å². The normalized spacial score (nSPS) is 34.5. The number of aliphatic hydroxyl groups is 1. The summed E-state index contributed by atoms with van der Waals surface area (Å²) in [6.07, 6.45) is 6.12. The molecule has 2 saturated heterocycles. The molecule has 0 aliphatic carbocycles. The number of amides is 1. The van der Waals surface area contributed by atoms with Gasteiger partial charge in [-0.15, -0.1) is 0 Å². The molecule has 0 aromatic rings. The maximum Gasteiger partial charge on any atom is 0.223 e. The van der Waals surface area contributed by atoms with Crippen molar-refractivity contribution in [3.05, 3.63) is 0 Å². The van der Waals surface area contributed by atoms with E-state index in [0.29, 0.717) is 12.5 Å². The number of aliphatic hydroxyl groups excluding tert-OH is 1. The van der Waals surface area contributed by atoms with Crippen molar-refractivity contribution in [2.75, 3.05) is 6.61 Å². The molecule has 0 aromatic carbocycles. The molecule has 0 spiro atoms. The molecular formula is C10H17NO2. The molecule has 2 fully saturated rings. The number of fused-ring (bicyclic) bond motifs is 1. The lowest BCUT2D eigenvalue weighted by Gasteiger charge is -2.27. The fourth-order valence-corrected chi connectivity index (χ4v) is 2.62. The highest BCUT2D eigenvalue weighted by Crippen LogP contribution is 2.30. The van der Waals surface area contributed by atoms with Gasteiger partial charge in [0.15, 0.2) is 0 Å². The molecule has 74 valence electrons. The highest BCUT2D eigenvalue weighted by molar-refractivity contribution is 5.77. The Hall–Kier alpha value is -0.570. The number of carbonyl (C=O) groups excluding carboxylic acids is 1. The van der Waals surface area contributed by atoms with Gasteiger partial charge in [0.25, 0.3) is 0 Å². The Balaban J connectivity index is 2.12. The fourth-order valence-electron chi connectivity index (χ4n) is 2.62. The Bertz CT molecular complexity index is 205. The van der Waals surface area contributed by atoms with Crippen LogP contribution in [0.2, 0.25) is 0 Å². The van der Waals surface area contributed by atoms with E-state index in [2.05, 4.69) is 0 Å². The predicted octanol–water partition coefficient (Wildman–Crippen LogP) is 0.912. The van der Waals surface area contributed by atoms with Gasteiger partial charge in [0, 0.05) is 12.5 Å². The van der Waals surface area contributed by atoms with Gasteiger partial charge in [-0.3, -0.25) is 4.79 Å². The Morgan fingerprint density at radius 3 is 2.92 bits per heavy atom. The largest absolute Gasteiger partial charge is 0.394 e. The first-order chi connectivity index (χ1) is 6.33. The van der Waals surface area contributed by atoms with E-state index in [9.17, 15) is 4.79 Å². The molecule has 0 aromatic heterocycles. The number of carbonyl (C=O) groups is 1. The molecule has 0 saturated carbocycles. The van der Waals surface area contributed by atoms with Crippen molar-refractivity contribution in [2.24, 2.45) is 0 Å². The Kier molecular flexibility index (Phi) is 2.54. The lowest BCUT2D eigenvalue weighted by Crippen LogP contribution is -2.41. The van der Waals surface area contributed by atoms with Crippen molar-refractivity contribution in [1.29, 1.82) is 0 Å². The van der Waals surface area contributed by atoms with Crippen LogP contribution in [-0.4, -0.2) is 34.6 Å². The summed E-state index contributed by atoms with van der Waals surface area (Å²) in [6.45, 7) is 0.141. The third-order valence-electron chi connectivity index (χ3n) is 3.30. The lowest BCUT2D eigenvalue weighted by atomic mass is 10.1. The number of rotatable bonds is 1. The highest BCUT2D eigenvalue weighted by Gasteiger charge is 2.36. The molecule has 2 aliphatic heterocycles. The molecule has 2 unspecified atom stereocenters. The van der Waals surface area contributed by atoms with Gasteiger partial charge < -0.3 is 10.0 Å². The van der Waals surface area contributed by atoms with Gasteiger partial charge in [-0.2, -0.15) is 0 Å². The second-order valence-corrected chi connectivity index (χ2v) is 4.11. The average molecular weight is 183 g/mol. The zero-order chi connectivity index (χ0) is 9.26. The van der Waals surface area contributed by atoms with Crippen LogP contribution in [0, 0.1) is 0 Å². The van der Waals surface area contributed by atoms with Crippen LogP contribution in [-0.2, 0) is 4.79 Å². The van der Waals surface area contributed by atoms with Crippen LogP contribution in [0.15, 0.2) is 0 Å². The zero-order valence-corrected chi connectivity index (χ0v) is 7.91. The summed E-state index contributed by atoms with van der Waals surface area (Å²) in [5.74, 6) is 0.263. The van der Waals surface area contributed by atoms with Gasteiger partial charge in [0.2, 0.25) is 5.91 Å². The minimum atomic E-state index is 0.121. The first-order valence-corrected chi connectivity index (χ1v) is 5.25. The molecule has 3 heteroatoms. The highest BCUT2D eigenvalue weighted by atomic mass is 16.3. The third kappa shape index (κ3) is 1.57. The van der Waals surface area contributed by atoms with Gasteiger partial charge in [-0.1, -0.05) is 6.42 Å². The monoisotopic (exact) mass is 183 g/mol. The molecular weight excluding hydrogens is 166 g/mol. The minimum Gasteiger partial charge on any atom is -0.394 e. The van der Waals surface area contributed by atoms with Crippen LogP contribution in [0.3, 0.4) is 0 Å². The quantitative estimate of drug-likeness (QED) is 0.656. The van der Waals surface area contributed by atoms with Gasteiger partial charge in [0.1, 0.15) is 0 Å². The van der Waals surface area contributed by atoms with Gasteiger partial charge in [-0.05, 0) is 25.7 Å². The van der Waals surface area contributed by atoms with E-state index in [1.165, 1.54) is 6.42 Å². The zero-order valence-electron chi connectivity index (χ0n) is 7.91. The topological polar surface area (TPSA) is 40.5 Å². The van der Waals surface area contributed by atoms with E-state index in [1.807, 2.05) is 4.90 Å². The molecule has 2 heterocycles. The molecule has 2 atom stereocenters. The van der Waals surface area contributed by atoms with E-state index in [-0.39, 0.29) is 18.6 Å². The van der Waals surface area contributed by atoms with Crippen molar-refractivity contribution in [2.45, 2.75) is 50.6 Å². The minimum absolute atomic E-state index is 0.121. The van der Waals surface area contributed by atoms with Crippen LogP contribution in [0.25, 0.3) is 0 Å². The molecule has 2 rings (SSSR count). The maximum atomic E-state index is 11.7. The maximum absolute atomic E-state index is 11.7. The van der Waals surface area contributed by atoms with E-state index < -0.39 is 0 Å². The number of hydrogen-bond acceptors (Lipinski definition) is 2. The van der Waals surface area contributed by atoms with Gasteiger partial charge >= 0.3 is 0 Å². The summed E-state index contributed by atoms with van der Waals surface area (Å²) < 4.78 is 0. The molecule has 13 heavy (non-hydrogen) atoms. The van der Waals surface area contributed by atoms with Crippen molar-refractivity contribution in [3.8, 4) is 0 Å². The van der Waals surface area contributed by atoms with Crippen molar-refractivity contribution in [3.63, 3.8) is 0 Å². The van der Waals surface area contributed by atoms with E-state index in [0.717, 1.165) is 25.7 Å². The van der Waals surface area contributed by atoms with Crippen molar-refractivity contribution in [1.82, 2.24) is 4.90 Å².